The minimum absolute atomic E-state index is 0.130. The number of esters is 9. The molecule has 1 aliphatic heterocycles. The fourth-order valence-corrected chi connectivity index (χ4v) is 12.7. The average molecular weight is 1640 g/mol. The summed E-state index contributed by atoms with van der Waals surface area (Å²) in [7, 11) is 0. The summed E-state index contributed by atoms with van der Waals surface area (Å²) in [6, 6.07) is 7.07. The zero-order chi connectivity index (χ0) is 85.5. The zero-order valence-electron chi connectivity index (χ0n) is 67.3. The van der Waals surface area contributed by atoms with Gasteiger partial charge in [-0.3, -0.25) is 24.0 Å². The van der Waals surface area contributed by atoms with Gasteiger partial charge in [0.05, 0.1) is 22.3 Å². The molecule has 117 heavy (non-hydrogen) atoms. The van der Waals surface area contributed by atoms with E-state index in [0.717, 1.165) is 159 Å². The second kappa shape index (κ2) is 50.0. The van der Waals surface area contributed by atoms with Gasteiger partial charge in [-0.25, -0.2) is 19.2 Å². The van der Waals surface area contributed by atoms with Gasteiger partial charge in [0.15, 0.2) is 82.1 Å². The number of carbonyl (C=O) groups excluding carboxylic acids is 9. The predicted octanol–water partition coefficient (Wildman–Crippen LogP) is 16.3. The van der Waals surface area contributed by atoms with Crippen LogP contribution in [0.25, 0.3) is 0 Å². The van der Waals surface area contributed by atoms with Crippen LogP contribution in [0.5, 0.6) is 86.2 Å². The van der Waals surface area contributed by atoms with Crippen LogP contribution >= 0.6 is 0 Å². The Morgan fingerprint density at radius 1 is 0.316 bits per heavy atom. The van der Waals surface area contributed by atoms with E-state index in [1.165, 1.54) is 0 Å². The summed E-state index contributed by atoms with van der Waals surface area (Å²) in [4.78, 5) is 126. The predicted molar refractivity (Wildman–Crippen MR) is 420 cm³/mol. The molecule has 6 unspecified atom stereocenters. The van der Waals surface area contributed by atoms with Crippen LogP contribution < -0.4 is 23.7 Å². The molecule has 0 saturated carbocycles. The summed E-state index contributed by atoms with van der Waals surface area (Å²) in [5, 5.41) is 124. The third-order valence-corrected chi connectivity index (χ3v) is 19.3. The summed E-state index contributed by atoms with van der Waals surface area (Å²) in [6.45, 7) is 8.86. The summed E-state index contributed by atoms with van der Waals surface area (Å²) < 4.78 is 63.4. The van der Waals surface area contributed by atoms with Gasteiger partial charge in [-0.05, 0) is 92.8 Å². The SMILES string of the molecule is CCCCCCCCC(=O)Oc1cc(C(=O)OCC2OC(OC(O)c3cc(O)c(OC(=O)CCCCCCCC)c(O)c3)C(OC(=O)c3cc(O)c(O)c(OC(=O)CCCCCCCC)c3)C(OC(=O)c3cc(O)c(OC(=O)CCCCCCCC)c(O)c3)C2OC(=O)c2cc(O)c(O)c(OC(=O)CCCCCCCC)c2)cc(O)c1O. The van der Waals surface area contributed by atoms with Crippen LogP contribution in [0.2, 0.25) is 0 Å². The lowest BCUT2D eigenvalue weighted by atomic mass is 9.97. The number of phenols is 10. The summed E-state index contributed by atoms with van der Waals surface area (Å²) in [6.07, 6.45) is 7.21. The van der Waals surface area contributed by atoms with Crippen molar-refractivity contribution in [3.63, 3.8) is 0 Å². The zero-order valence-corrected chi connectivity index (χ0v) is 67.3. The number of hydrogen-bond acceptors (Lipinski definition) is 31. The Labute approximate surface area is 680 Å². The molecule has 1 saturated heterocycles. The fourth-order valence-electron chi connectivity index (χ4n) is 12.7. The van der Waals surface area contributed by atoms with Crippen molar-refractivity contribution in [2.75, 3.05) is 6.61 Å². The normalized spacial score (nSPS) is 15.3. The first-order chi connectivity index (χ1) is 56.1. The van der Waals surface area contributed by atoms with Gasteiger partial charge in [0.25, 0.3) is 0 Å². The van der Waals surface area contributed by atoms with Crippen molar-refractivity contribution in [2.24, 2.45) is 0 Å². The van der Waals surface area contributed by atoms with Gasteiger partial charge in [-0.1, -0.05) is 195 Å². The molecule has 0 spiro atoms. The Bertz CT molecular complexity index is 4050. The summed E-state index contributed by atoms with van der Waals surface area (Å²) in [5.41, 5.74) is -3.66. The van der Waals surface area contributed by atoms with E-state index in [0.29, 0.717) is 94.5 Å². The third-order valence-electron chi connectivity index (χ3n) is 19.3. The highest BCUT2D eigenvalue weighted by atomic mass is 16.8. The average Bonchev–Trinajstić information content (AvgIpc) is 0.765. The van der Waals surface area contributed by atoms with Gasteiger partial charge in [0.1, 0.15) is 12.7 Å². The maximum absolute atomic E-state index is 15.2. The van der Waals surface area contributed by atoms with Crippen LogP contribution in [0.3, 0.4) is 0 Å². The van der Waals surface area contributed by atoms with Crippen molar-refractivity contribution in [1.82, 2.24) is 0 Å². The minimum Gasteiger partial charge on any atom is -0.504 e. The van der Waals surface area contributed by atoms with Crippen molar-refractivity contribution in [1.29, 1.82) is 0 Å². The number of unbranched alkanes of at least 4 members (excludes halogenated alkanes) is 25. The molecule has 0 aromatic heterocycles. The van der Waals surface area contributed by atoms with E-state index >= 15 is 14.4 Å². The van der Waals surface area contributed by atoms with Crippen molar-refractivity contribution < 1.29 is 151 Å². The molecule has 1 aliphatic rings. The molecule has 5 aromatic carbocycles. The first kappa shape index (κ1) is 95.1. The van der Waals surface area contributed by atoms with Gasteiger partial charge in [0.2, 0.25) is 35.0 Å². The molecule has 644 valence electrons. The quantitative estimate of drug-likeness (QED) is 0.00430. The van der Waals surface area contributed by atoms with E-state index in [1.54, 1.807) is 0 Å². The van der Waals surface area contributed by atoms with Gasteiger partial charge in [-0.2, -0.15) is 0 Å². The number of hydrogen-bond donors (Lipinski definition) is 11. The molecule has 6 atom stereocenters. The van der Waals surface area contributed by atoms with E-state index < -0.39 is 211 Å². The van der Waals surface area contributed by atoms with E-state index in [4.69, 9.17) is 52.1 Å². The summed E-state index contributed by atoms with van der Waals surface area (Å²) in [5.74, 6) is -25.0. The minimum atomic E-state index is -2.63. The highest BCUT2D eigenvalue weighted by Gasteiger charge is 2.55. The molecular weight excluding hydrogens is 1530 g/mol. The van der Waals surface area contributed by atoms with Crippen LogP contribution in [0.15, 0.2) is 60.7 Å². The van der Waals surface area contributed by atoms with Gasteiger partial charge < -0.3 is 108 Å². The molecule has 1 heterocycles. The molecular formula is C86H114O31. The molecule has 31 heteroatoms. The first-order valence-electron chi connectivity index (χ1n) is 40.7. The van der Waals surface area contributed by atoms with Crippen molar-refractivity contribution in [3.8, 4) is 86.2 Å². The molecule has 6 rings (SSSR count). The van der Waals surface area contributed by atoms with E-state index in [2.05, 4.69) is 0 Å². The number of rotatable bonds is 52. The van der Waals surface area contributed by atoms with Crippen molar-refractivity contribution in [2.45, 2.75) is 296 Å². The number of aliphatic hydroxyl groups is 1. The number of aliphatic hydroxyl groups excluding tert-OH is 1. The summed E-state index contributed by atoms with van der Waals surface area (Å²) >= 11 is 0. The number of carbonyl (C=O) groups is 9. The highest BCUT2D eigenvalue weighted by molar-refractivity contribution is 5.95. The molecule has 0 bridgehead atoms. The van der Waals surface area contributed by atoms with Crippen LogP contribution in [0.4, 0.5) is 0 Å². The topological polar surface area (TPSA) is 478 Å². The molecule has 5 aromatic rings. The lowest BCUT2D eigenvalue weighted by molar-refractivity contribution is -0.331. The Hall–Kier alpha value is -10.8. The second-order valence-corrected chi connectivity index (χ2v) is 29.0. The lowest BCUT2D eigenvalue weighted by Gasteiger charge is -2.44. The Morgan fingerprint density at radius 2 is 0.581 bits per heavy atom. The smallest absolute Gasteiger partial charge is 0.339 e. The van der Waals surface area contributed by atoms with Crippen LogP contribution in [0, 0.1) is 0 Å². The Morgan fingerprint density at radius 3 is 0.915 bits per heavy atom. The van der Waals surface area contributed by atoms with E-state index in [-0.39, 0.29) is 32.1 Å². The monoisotopic (exact) mass is 1640 g/mol. The molecule has 0 aliphatic carbocycles. The van der Waals surface area contributed by atoms with Crippen LogP contribution in [-0.2, 0) is 52.4 Å². The van der Waals surface area contributed by atoms with Gasteiger partial charge in [0, 0.05) is 37.7 Å². The third kappa shape index (κ3) is 31.0. The molecule has 0 amide bonds. The van der Waals surface area contributed by atoms with Crippen molar-refractivity contribution in [3.05, 3.63) is 88.5 Å². The van der Waals surface area contributed by atoms with Gasteiger partial charge in [-0.15, -0.1) is 0 Å². The Balaban J connectivity index is 1.54. The number of phenolic OH excluding ortho intramolecular Hbond substituents is 10. The largest absolute Gasteiger partial charge is 0.504 e. The first-order valence-corrected chi connectivity index (χ1v) is 40.7. The molecule has 0 radical (unpaired) electrons. The maximum Gasteiger partial charge on any atom is 0.339 e. The number of ether oxygens (including phenoxy) is 11. The molecule has 1 fully saturated rings. The Kier molecular flexibility index (Phi) is 40.6. The molecule has 11 N–H and O–H groups in total. The lowest BCUT2D eigenvalue weighted by Crippen LogP contribution is -2.63. The van der Waals surface area contributed by atoms with Crippen LogP contribution in [-0.4, -0.2) is 147 Å². The van der Waals surface area contributed by atoms with E-state index in [9.17, 15) is 84.9 Å². The van der Waals surface area contributed by atoms with E-state index in [1.807, 2.05) is 34.6 Å². The number of aromatic hydroxyl groups is 10. The number of benzene rings is 5. The molecule has 31 nitrogen and oxygen atoms in total. The maximum atomic E-state index is 15.2. The van der Waals surface area contributed by atoms with Crippen LogP contribution in [0.1, 0.15) is 313 Å². The fraction of sp³-hybridized carbons (Fsp3) is 0.547. The standard InChI is InChI=1S/C86H114O31/c1-6-11-16-21-26-31-36-68(94)108-64-48-54(41-57(87)73(64)99)81(102)107-51-67-78(114-83(104)55-42-58(88)74(100)65(49-55)109-69(95)37-32-27-22-17-12-7-2)79(115-82(103)52-44-60(90)76(61(91)45-52)112-71(97)39-34-29-24-19-14-9-4)80(116-84(105)56-43-59(89)75(101)66(50-56)110-70(96)38-33-28-23-18-13-8-3)86(111-67)117-85(106)53-46-62(92)77(63(93)47-53)113-72(98)40-35-30-25-20-15-10-5/h41-50,67,78-80,85-93,99-101,106H,6-40,51H2,1-5H3. The highest BCUT2D eigenvalue weighted by Crippen LogP contribution is 2.45. The van der Waals surface area contributed by atoms with Gasteiger partial charge >= 0.3 is 53.7 Å². The second-order valence-electron chi connectivity index (χ2n) is 29.0. The van der Waals surface area contributed by atoms with Crippen molar-refractivity contribution >= 4 is 53.7 Å².